The Morgan fingerprint density at radius 3 is 2.53 bits per heavy atom. The summed E-state index contributed by atoms with van der Waals surface area (Å²) in [4.78, 5) is 13.8. The molecule has 1 aromatic rings. The molecule has 0 atom stereocenters. The highest BCUT2D eigenvalue weighted by Crippen LogP contribution is 2.30. The molecule has 0 spiro atoms. The molecule has 0 saturated heterocycles. The van der Waals surface area contributed by atoms with E-state index in [0.717, 1.165) is 0 Å². The molecule has 0 bridgehead atoms. The Labute approximate surface area is 96.8 Å². The topological polar surface area (TPSA) is 59.4 Å². The first kappa shape index (κ1) is 13.5. The molecule has 0 amide bonds. The summed E-state index contributed by atoms with van der Waals surface area (Å²) in [5, 5.41) is 8.50. The lowest BCUT2D eigenvalue weighted by molar-refractivity contribution is -0.276. The van der Waals surface area contributed by atoms with Crippen molar-refractivity contribution in [3.05, 3.63) is 23.3 Å². The van der Waals surface area contributed by atoms with E-state index in [-0.39, 0.29) is 0 Å². The van der Waals surface area contributed by atoms with Crippen LogP contribution in [-0.4, -0.2) is 22.4 Å². The molecule has 9 heteroatoms. The molecule has 0 radical (unpaired) electrons. The molecule has 0 saturated carbocycles. The van der Waals surface area contributed by atoms with Crippen molar-refractivity contribution in [1.29, 1.82) is 0 Å². The zero-order valence-corrected chi connectivity index (χ0v) is 8.64. The third kappa shape index (κ3) is 3.19. The third-order valence-electron chi connectivity index (χ3n) is 1.62. The molecule has 1 heterocycles. The smallest absolute Gasteiger partial charge is 0.478 e. The predicted molar refractivity (Wildman–Crippen MR) is 47.4 cm³/mol. The van der Waals surface area contributed by atoms with E-state index in [4.69, 9.17) is 16.7 Å². The first-order valence-electron chi connectivity index (χ1n) is 3.98. The number of rotatable bonds is 3. The standard InChI is InChI=1S/C8H4ClF4NO3/c9-1-4-6(17-8(11,12)13)5(10)3(2-14-4)7(15)16/h2H,1H2,(H,15,16). The highest BCUT2D eigenvalue weighted by Gasteiger charge is 2.35. The van der Waals surface area contributed by atoms with Crippen LogP contribution in [0, 0.1) is 5.82 Å². The second kappa shape index (κ2) is 4.74. The van der Waals surface area contributed by atoms with Crippen LogP contribution >= 0.6 is 11.6 Å². The summed E-state index contributed by atoms with van der Waals surface area (Å²) in [5.74, 6) is -5.31. The number of ether oxygens (including phenoxy) is 1. The van der Waals surface area contributed by atoms with Gasteiger partial charge in [-0.2, -0.15) is 0 Å². The zero-order valence-electron chi connectivity index (χ0n) is 7.89. The maximum Gasteiger partial charge on any atom is 0.573 e. The second-order valence-corrected chi connectivity index (χ2v) is 3.02. The minimum Gasteiger partial charge on any atom is -0.478 e. The van der Waals surface area contributed by atoms with E-state index in [1.54, 1.807) is 0 Å². The van der Waals surface area contributed by atoms with E-state index in [0.29, 0.717) is 6.20 Å². The summed E-state index contributed by atoms with van der Waals surface area (Å²) in [6, 6.07) is 0. The molecular formula is C8H4ClF4NO3. The van der Waals surface area contributed by atoms with Crippen LogP contribution in [-0.2, 0) is 5.88 Å². The van der Waals surface area contributed by atoms with Crippen LogP contribution in [0.15, 0.2) is 6.20 Å². The molecule has 0 aliphatic rings. The minimum atomic E-state index is -5.17. The molecule has 0 aromatic carbocycles. The van der Waals surface area contributed by atoms with Gasteiger partial charge in [0.05, 0.1) is 5.88 Å². The number of carbonyl (C=O) groups is 1. The Hall–Kier alpha value is -1.57. The lowest BCUT2D eigenvalue weighted by atomic mass is 10.2. The monoisotopic (exact) mass is 273 g/mol. The van der Waals surface area contributed by atoms with Gasteiger partial charge in [-0.15, -0.1) is 24.8 Å². The maximum absolute atomic E-state index is 13.4. The van der Waals surface area contributed by atoms with Crippen LogP contribution in [0.25, 0.3) is 0 Å². The summed E-state index contributed by atoms with van der Waals surface area (Å²) in [6.07, 6.45) is -4.60. The van der Waals surface area contributed by atoms with Crippen molar-refractivity contribution in [3.63, 3.8) is 0 Å². The molecule has 94 valence electrons. The van der Waals surface area contributed by atoms with Crippen molar-refractivity contribution in [1.82, 2.24) is 4.98 Å². The Balaban J connectivity index is 3.32. The number of alkyl halides is 4. The molecule has 0 aliphatic heterocycles. The Morgan fingerprint density at radius 1 is 1.53 bits per heavy atom. The highest BCUT2D eigenvalue weighted by molar-refractivity contribution is 6.17. The van der Waals surface area contributed by atoms with Crippen LogP contribution in [0.5, 0.6) is 5.75 Å². The van der Waals surface area contributed by atoms with Crippen molar-refractivity contribution >= 4 is 17.6 Å². The fourth-order valence-corrected chi connectivity index (χ4v) is 1.16. The van der Waals surface area contributed by atoms with Crippen LogP contribution < -0.4 is 4.74 Å². The van der Waals surface area contributed by atoms with Crippen molar-refractivity contribution in [2.45, 2.75) is 12.2 Å². The van der Waals surface area contributed by atoms with E-state index in [1.165, 1.54) is 0 Å². The van der Waals surface area contributed by atoms with Gasteiger partial charge < -0.3 is 9.84 Å². The maximum atomic E-state index is 13.4. The van der Waals surface area contributed by atoms with Crippen LogP contribution in [0.1, 0.15) is 16.1 Å². The minimum absolute atomic E-state index is 0.536. The number of halogens is 5. The van der Waals surface area contributed by atoms with Crippen molar-refractivity contribution < 1.29 is 32.2 Å². The van der Waals surface area contributed by atoms with Crippen LogP contribution in [0.4, 0.5) is 17.6 Å². The Morgan fingerprint density at radius 2 is 2.12 bits per heavy atom. The van der Waals surface area contributed by atoms with Crippen molar-refractivity contribution in [2.24, 2.45) is 0 Å². The average molecular weight is 274 g/mol. The van der Waals surface area contributed by atoms with Crippen LogP contribution in [0.2, 0.25) is 0 Å². The van der Waals surface area contributed by atoms with Gasteiger partial charge in [0.15, 0.2) is 11.6 Å². The fourth-order valence-electron chi connectivity index (χ4n) is 0.970. The summed E-state index contributed by atoms with van der Waals surface area (Å²) < 4.78 is 52.6. The van der Waals surface area contributed by atoms with E-state index in [9.17, 15) is 22.4 Å². The van der Waals surface area contributed by atoms with Gasteiger partial charge in [0.25, 0.3) is 0 Å². The number of hydrogen-bond donors (Lipinski definition) is 1. The molecule has 17 heavy (non-hydrogen) atoms. The second-order valence-electron chi connectivity index (χ2n) is 2.75. The predicted octanol–water partition coefficient (Wildman–Crippen LogP) is 2.56. The first-order chi connectivity index (χ1) is 7.76. The summed E-state index contributed by atoms with van der Waals surface area (Å²) in [5.41, 5.74) is -1.57. The normalized spacial score (nSPS) is 11.4. The van der Waals surface area contributed by atoms with E-state index >= 15 is 0 Å². The summed E-state index contributed by atoms with van der Waals surface area (Å²) in [6.45, 7) is 0. The molecule has 1 aromatic heterocycles. The SMILES string of the molecule is O=C(O)c1cnc(CCl)c(OC(F)(F)F)c1F. The number of pyridine rings is 1. The number of carboxylic acids is 1. The van der Waals surface area contributed by atoms with Gasteiger partial charge >= 0.3 is 12.3 Å². The number of carboxylic acid groups (broad SMARTS) is 1. The van der Waals surface area contributed by atoms with Gasteiger partial charge in [0, 0.05) is 6.20 Å². The van der Waals surface area contributed by atoms with E-state index in [1.807, 2.05) is 0 Å². The lowest BCUT2D eigenvalue weighted by Gasteiger charge is -2.13. The molecular weight excluding hydrogens is 270 g/mol. The molecule has 0 fully saturated rings. The van der Waals surface area contributed by atoms with Gasteiger partial charge in [-0.3, -0.25) is 4.98 Å². The quantitative estimate of drug-likeness (QED) is 0.679. The Kier molecular flexibility index (Phi) is 3.76. The van der Waals surface area contributed by atoms with Crippen molar-refractivity contribution in [3.8, 4) is 5.75 Å². The summed E-state index contributed by atoms with van der Waals surface area (Å²) in [7, 11) is 0. The number of aromatic carboxylic acids is 1. The lowest BCUT2D eigenvalue weighted by Crippen LogP contribution is -2.20. The van der Waals surface area contributed by atoms with Gasteiger partial charge in [0.2, 0.25) is 0 Å². The van der Waals surface area contributed by atoms with Gasteiger partial charge in [-0.25, -0.2) is 9.18 Å². The van der Waals surface area contributed by atoms with Gasteiger partial charge in [-0.1, -0.05) is 0 Å². The zero-order chi connectivity index (χ0) is 13.2. The molecule has 0 aliphatic carbocycles. The highest BCUT2D eigenvalue weighted by atomic mass is 35.5. The average Bonchev–Trinajstić information content (AvgIpc) is 2.18. The number of nitrogens with zero attached hydrogens (tertiary/aromatic N) is 1. The first-order valence-corrected chi connectivity index (χ1v) is 4.52. The van der Waals surface area contributed by atoms with E-state index < -0.39 is 41.0 Å². The van der Waals surface area contributed by atoms with Crippen LogP contribution in [0.3, 0.4) is 0 Å². The largest absolute Gasteiger partial charge is 0.573 e. The fraction of sp³-hybridized carbons (Fsp3) is 0.250. The van der Waals surface area contributed by atoms with Crippen molar-refractivity contribution in [2.75, 3.05) is 0 Å². The van der Waals surface area contributed by atoms with Gasteiger partial charge in [-0.05, 0) is 0 Å². The number of hydrogen-bond acceptors (Lipinski definition) is 3. The molecule has 0 unspecified atom stereocenters. The van der Waals surface area contributed by atoms with Gasteiger partial charge in [0.1, 0.15) is 11.3 Å². The number of aromatic nitrogens is 1. The molecule has 1 rings (SSSR count). The Bertz CT molecular complexity index is 449. The molecule has 1 N–H and O–H groups in total. The van der Waals surface area contributed by atoms with E-state index in [2.05, 4.69) is 9.72 Å². The molecule has 4 nitrogen and oxygen atoms in total. The summed E-state index contributed by atoms with van der Waals surface area (Å²) >= 11 is 5.24. The third-order valence-corrected chi connectivity index (χ3v) is 1.88.